The van der Waals surface area contributed by atoms with Gasteiger partial charge in [-0.05, 0) is 44.4 Å². The van der Waals surface area contributed by atoms with E-state index >= 15 is 0 Å². The van der Waals surface area contributed by atoms with Crippen LogP contribution < -0.4 is 15.0 Å². The number of amides is 1. The lowest BCUT2D eigenvalue weighted by Gasteiger charge is -2.43. The van der Waals surface area contributed by atoms with Crippen molar-refractivity contribution in [3.63, 3.8) is 0 Å². The first-order valence-electron chi connectivity index (χ1n) is 12.0. The van der Waals surface area contributed by atoms with Crippen molar-refractivity contribution in [3.8, 4) is 22.9 Å². The van der Waals surface area contributed by atoms with Crippen molar-refractivity contribution in [1.82, 2.24) is 19.9 Å². The van der Waals surface area contributed by atoms with E-state index < -0.39 is 5.60 Å². The number of carbonyl (C=O) groups excluding carboxylic acids is 1. The lowest BCUT2D eigenvalue weighted by Crippen LogP contribution is -2.61. The molecule has 2 N–H and O–H groups in total. The van der Waals surface area contributed by atoms with E-state index in [1.165, 1.54) is 0 Å². The van der Waals surface area contributed by atoms with Crippen molar-refractivity contribution in [1.29, 1.82) is 5.26 Å². The minimum absolute atomic E-state index is 0.0292. The normalized spacial score (nSPS) is 20.1. The Bertz CT molecular complexity index is 1240. The monoisotopic (exact) mass is 476 g/mol. The van der Waals surface area contributed by atoms with Gasteiger partial charge in [0.05, 0.1) is 41.7 Å². The van der Waals surface area contributed by atoms with Crippen molar-refractivity contribution in [2.75, 3.05) is 24.6 Å². The van der Waals surface area contributed by atoms with Gasteiger partial charge >= 0.3 is 0 Å². The zero-order valence-corrected chi connectivity index (χ0v) is 20.7. The van der Waals surface area contributed by atoms with Crippen molar-refractivity contribution in [3.05, 3.63) is 42.4 Å². The number of hydrogen-bond acceptors (Lipinski definition) is 7. The van der Waals surface area contributed by atoms with E-state index in [-0.39, 0.29) is 17.9 Å². The maximum Gasteiger partial charge on any atom is 0.220 e. The first-order chi connectivity index (χ1) is 16.7. The van der Waals surface area contributed by atoms with Gasteiger partial charge < -0.3 is 20.1 Å². The molecule has 0 spiro atoms. The summed E-state index contributed by atoms with van der Waals surface area (Å²) in [5.41, 5.74) is 1.74. The molecule has 1 saturated heterocycles. The van der Waals surface area contributed by atoms with Crippen LogP contribution in [0.3, 0.4) is 0 Å². The van der Waals surface area contributed by atoms with Gasteiger partial charge in [-0.1, -0.05) is 13.8 Å². The van der Waals surface area contributed by atoms with Crippen LogP contribution in [0.4, 0.5) is 5.82 Å². The summed E-state index contributed by atoms with van der Waals surface area (Å²) in [5.74, 6) is 1.64. The van der Waals surface area contributed by atoms with Gasteiger partial charge in [-0.15, -0.1) is 0 Å². The highest BCUT2D eigenvalue weighted by Gasteiger charge is 2.39. The number of carbonyl (C=O) groups is 1. The number of pyridine rings is 2. The van der Waals surface area contributed by atoms with Gasteiger partial charge in [-0.2, -0.15) is 10.4 Å². The molecule has 1 fully saturated rings. The average Bonchev–Trinajstić information content (AvgIpc) is 3.22. The van der Waals surface area contributed by atoms with Crippen molar-refractivity contribution in [2.45, 2.75) is 52.2 Å². The highest BCUT2D eigenvalue weighted by Crippen LogP contribution is 2.32. The summed E-state index contributed by atoms with van der Waals surface area (Å²) in [6, 6.07) is 7.66. The van der Waals surface area contributed by atoms with Crippen LogP contribution >= 0.6 is 0 Å². The number of anilines is 1. The van der Waals surface area contributed by atoms with Crippen LogP contribution in [0.15, 0.2) is 36.8 Å². The van der Waals surface area contributed by atoms with Crippen molar-refractivity contribution >= 4 is 17.2 Å². The van der Waals surface area contributed by atoms with Crippen LogP contribution in [-0.2, 0) is 4.79 Å². The second kappa shape index (κ2) is 9.92. The third-order valence-electron chi connectivity index (χ3n) is 6.28. The summed E-state index contributed by atoms with van der Waals surface area (Å²) in [6.07, 6.45) is 6.14. The minimum atomic E-state index is -1.08. The number of nitriles is 1. The third-order valence-corrected chi connectivity index (χ3v) is 6.28. The molecule has 2 atom stereocenters. The molecule has 1 aliphatic rings. The van der Waals surface area contributed by atoms with Crippen LogP contribution in [0.2, 0.25) is 0 Å². The number of aliphatic hydroxyl groups is 1. The lowest BCUT2D eigenvalue weighted by molar-refractivity contribution is -0.125. The fraction of sp³-hybridized carbons (Fsp3) is 0.462. The van der Waals surface area contributed by atoms with Gasteiger partial charge in [0.25, 0.3) is 0 Å². The Morgan fingerprint density at radius 2 is 2.20 bits per heavy atom. The topological polar surface area (TPSA) is 116 Å². The molecule has 0 radical (unpaired) electrons. The molecule has 0 saturated carbocycles. The molecule has 3 aromatic rings. The van der Waals surface area contributed by atoms with Crippen LogP contribution in [0.1, 0.15) is 46.1 Å². The van der Waals surface area contributed by atoms with Gasteiger partial charge in [-0.25, -0.2) is 9.50 Å². The SMILES string of the molecule is CCOc1cc(-c2ccc(N3CC[C@@H](NC(=O)CC(C)C)[C@](C)(O)C3)nc2)c2c(C#N)cnn2c1. The molecule has 1 amide bonds. The molecule has 0 aromatic carbocycles. The Balaban J connectivity index is 1.55. The fourth-order valence-electron chi connectivity index (χ4n) is 4.60. The van der Waals surface area contributed by atoms with E-state index in [0.29, 0.717) is 49.4 Å². The van der Waals surface area contributed by atoms with Gasteiger partial charge in [0.15, 0.2) is 0 Å². The van der Waals surface area contributed by atoms with Gasteiger partial charge in [0.2, 0.25) is 5.91 Å². The second-order valence-corrected chi connectivity index (χ2v) is 9.68. The highest BCUT2D eigenvalue weighted by atomic mass is 16.5. The van der Waals surface area contributed by atoms with Crippen molar-refractivity contribution < 1.29 is 14.6 Å². The van der Waals surface area contributed by atoms with Crippen LogP contribution in [0.5, 0.6) is 5.75 Å². The molecular weight excluding hydrogens is 444 g/mol. The number of ether oxygens (including phenoxy) is 1. The molecule has 1 aliphatic heterocycles. The third kappa shape index (κ3) is 5.23. The number of β-amino-alcohol motifs (C(OH)–C–C–N with tert-alkyl or cyclic N) is 1. The van der Waals surface area contributed by atoms with E-state index in [2.05, 4.69) is 21.5 Å². The molecule has 4 rings (SSSR count). The minimum Gasteiger partial charge on any atom is -0.492 e. The molecule has 0 aliphatic carbocycles. The quantitative estimate of drug-likeness (QED) is 0.538. The molecule has 9 heteroatoms. The molecular formula is C26H32N6O3. The average molecular weight is 477 g/mol. The van der Waals surface area contributed by atoms with Crippen molar-refractivity contribution in [2.24, 2.45) is 5.92 Å². The number of fused-ring (bicyclic) bond motifs is 1. The summed E-state index contributed by atoms with van der Waals surface area (Å²) >= 11 is 0. The smallest absolute Gasteiger partial charge is 0.220 e. The van der Waals surface area contributed by atoms with E-state index in [9.17, 15) is 15.2 Å². The number of hydrogen-bond donors (Lipinski definition) is 2. The number of aromatic nitrogens is 3. The Morgan fingerprint density at radius 3 is 2.83 bits per heavy atom. The van der Waals surface area contributed by atoms with E-state index in [0.717, 1.165) is 16.9 Å². The molecule has 184 valence electrons. The Hall–Kier alpha value is -3.64. The Morgan fingerprint density at radius 1 is 1.40 bits per heavy atom. The highest BCUT2D eigenvalue weighted by molar-refractivity contribution is 5.85. The zero-order valence-electron chi connectivity index (χ0n) is 20.7. The van der Waals surface area contributed by atoms with Crippen LogP contribution in [-0.4, -0.2) is 57.0 Å². The van der Waals surface area contributed by atoms with Crippen LogP contribution in [0, 0.1) is 17.2 Å². The Labute approximate surface area is 205 Å². The molecule has 0 bridgehead atoms. The predicted molar refractivity (Wildman–Crippen MR) is 133 cm³/mol. The molecule has 3 aromatic heterocycles. The summed E-state index contributed by atoms with van der Waals surface area (Å²) < 4.78 is 7.34. The number of piperidine rings is 1. The maximum absolute atomic E-state index is 12.2. The van der Waals surface area contributed by atoms with Gasteiger partial charge in [0, 0.05) is 36.8 Å². The van der Waals surface area contributed by atoms with E-state index in [1.807, 2.05) is 43.9 Å². The number of nitrogens with one attached hydrogen (secondary N) is 1. The molecule has 35 heavy (non-hydrogen) atoms. The first-order valence-corrected chi connectivity index (χ1v) is 12.0. The van der Waals surface area contributed by atoms with E-state index in [1.54, 1.807) is 30.0 Å². The predicted octanol–water partition coefficient (Wildman–Crippen LogP) is 3.16. The molecule has 0 unspecified atom stereocenters. The summed E-state index contributed by atoms with van der Waals surface area (Å²) in [7, 11) is 0. The number of nitrogens with zero attached hydrogens (tertiary/aromatic N) is 5. The van der Waals surface area contributed by atoms with E-state index in [4.69, 9.17) is 4.74 Å². The molecule has 4 heterocycles. The van der Waals surface area contributed by atoms with Gasteiger partial charge in [0.1, 0.15) is 17.6 Å². The van der Waals surface area contributed by atoms with Crippen LogP contribution in [0.25, 0.3) is 16.6 Å². The summed E-state index contributed by atoms with van der Waals surface area (Å²) in [4.78, 5) is 18.9. The first kappa shape index (κ1) is 24.5. The summed E-state index contributed by atoms with van der Waals surface area (Å²) in [6.45, 7) is 9.22. The number of rotatable bonds is 7. The Kier molecular flexibility index (Phi) is 6.94. The maximum atomic E-state index is 12.2. The second-order valence-electron chi connectivity index (χ2n) is 9.68. The summed E-state index contributed by atoms with van der Waals surface area (Å²) in [5, 5.41) is 27.9. The van der Waals surface area contributed by atoms with Gasteiger partial charge in [-0.3, -0.25) is 4.79 Å². The zero-order chi connectivity index (χ0) is 25.2. The largest absolute Gasteiger partial charge is 0.492 e. The lowest BCUT2D eigenvalue weighted by atomic mass is 9.88. The standard InChI is InChI=1S/C26H32N6O3/c1-5-35-20-11-21(25-19(12-27)14-29-32(25)15-20)18-6-7-23(28-13-18)31-9-8-22(26(4,34)16-31)30-24(33)10-17(2)3/h6-7,11,13-15,17,22,34H,5,8-10,16H2,1-4H3,(H,30,33)/t22-,26-/m1/s1. The molecule has 9 nitrogen and oxygen atoms in total. The fourth-order valence-corrected chi connectivity index (χ4v) is 4.60.